The average Bonchev–Trinajstić information content (AvgIpc) is 3.23. The third kappa shape index (κ3) is 6.85. The number of carboxylic acid groups (broad SMARTS) is 1. The average molecular weight is 499 g/mol. The van der Waals surface area contributed by atoms with Crippen LogP contribution in [0.1, 0.15) is 59.9 Å². The van der Waals surface area contributed by atoms with Gasteiger partial charge in [-0.15, -0.1) is 0 Å². The van der Waals surface area contributed by atoms with Crippen LogP contribution in [-0.4, -0.2) is 27.1 Å². The van der Waals surface area contributed by atoms with Gasteiger partial charge in [-0.3, -0.25) is 14.9 Å². The molecule has 4 aromatic rings. The summed E-state index contributed by atoms with van der Waals surface area (Å²) in [6, 6.07) is 22.0. The molecule has 0 fully saturated rings. The number of nitrogens with one attached hydrogen (secondary N) is 1. The third-order valence-electron chi connectivity index (χ3n) is 6.02. The van der Waals surface area contributed by atoms with Crippen molar-refractivity contribution in [1.29, 1.82) is 0 Å². The van der Waals surface area contributed by atoms with E-state index in [1.54, 1.807) is 18.3 Å². The van der Waals surface area contributed by atoms with Crippen molar-refractivity contribution < 1.29 is 9.90 Å². The van der Waals surface area contributed by atoms with Crippen LogP contribution in [0.25, 0.3) is 5.69 Å². The number of aryl methyl sites for hydroxylation is 3. The van der Waals surface area contributed by atoms with E-state index in [-0.39, 0.29) is 11.1 Å². The van der Waals surface area contributed by atoms with Gasteiger partial charge in [0.2, 0.25) is 0 Å². The molecular formula is C30H34N4O3. The number of hydrogen-bond donors (Lipinski definition) is 3. The van der Waals surface area contributed by atoms with Crippen LogP contribution in [-0.2, 0) is 19.3 Å². The summed E-state index contributed by atoms with van der Waals surface area (Å²) >= 11 is 0. The lowest BCUT2D eigenvalue weighted by atomic mass is 10.1. The lowest BCUT2D eigenvalue weighted by Gasteiger charge is -2.02. The van der Waals surface area contributed by atoms with Crippen LogP contribution in [0.4, 0.5) is 11.4 Å². The van der Waals surface area contributed by atoms with Gasteiger partial charge in [-0.25, -0.2) is 9.48 Å². The van der Waals surface area contributed by atoms with Gasteiger partial charge in [0, 0.05) is 17.6 Å². The summed E-state index contributed by atoms with van der Waals surface area (Å²) in [6.45, 7) is 6.22. The molecule has 3 aromatic carbocycles. The molecule has 0 saturated carbocycles. The first kappa shape index (κ1) is 27.2. The molecule has 0 radical (unpaired) electrons. The van der Waals surface area contributed by atoms with Crippen molar-refractivity contribution in [2.24, 2.45) is 4.99 Å². The Morgan fingerprint density at radius 1 is 0.946 bits per heavy atom. The minimum absolute atomic E-state index is 0.176. The molecule has 4 N–H and O–H groups in total. The number of carboxylic acids is 1. The smallest absolute Gasteiger partial charge is 0.335 e. The number of para-hydroxylation sites is 2. The van der Waals surface area contributed by atoms with Crippen LogP contribution < -0.4 is 11.3 Å². The number of anilines is 1. The van der Waals surface area contributed by atoms with E-state index in [0.717, 1.165) is 41.9 Å². The zero-order chi connectivity index (χ0) is 26.8. The maximum atomic E-state index is 13.0. The Balaban J connectivity index is 0.000000356. The summed E-state index contributed by atoms with van der Waals surface area (Å²) in [5.74, 6) is -1.00. The molecule has 0 saturated heterocycles. The van der Waals surface area contributed by atoms with Crippen molar-refractivity contribution in [3.05, 3.63) is 111 Å². The molecular weight excluding hydrogens is 464 g/mol. The number of benzene rings is 3. The fourth-order valence-electron chi connectivity index (χ4n) is 3.93. The van der Waals surface area contributed by atoms with Crippen LogP contribution in [0, 0.1) is 0 Å². The van der Waals surface area contributed by atoms with E-state index in [4.69, 9.17) is 10.8 Å². The first-order valence-corrected chi connectivity index (χ1v) is 12.5. The lowest BCUT2D eigenvalue weighted by Crippen LogP contribution is -2.17. The van der Waals surface area contributed by atoms with Crippen molar-refractivity contribution in [3.63, 3.8) is 0 Å². The molecule has 192 valence electrons. The van der Waals surface area contributed by atoms with Crippen LogP contribution >= 0.6 is 0 Å². The molecule has 0 spiro atoms. The fraction of sp³-hybridized carbons (Fsp3) is 0.233. The molecule has 0 atom stereocenters. The summed E-state index contributed by atoms with van der Waals surface area (Å²) < 4.78 is 1.43. The number of aromatic amines is 1. The Labute approximate surface area is 217 Å². The van der Waals surface area contributed by atoms with E-state index >= 15 is 0 Å². The largest absolute Gasteiger partial charge is 0.478 e. The van der Waals surface area contributed by atoms with Crippen LogP contribution in [0.2, 0.25) is 0 Å². The highest BCUT2D eigenvalue weighted by Crippen LogP contribution is 2.19. The summed E-state index contributed by atoms with van der Waals surface area (Å²) in [6.07, 6.45) is 5.10. The zero-order valence-corrected chi connectivity index (χ0v) is 21.6. The molecule has 37 heavy (non-hydrogen) atoms. The Kier molecular flexibility index (Phi) is 9.61. The van der Waals surface area contributed by atoms with Gasteiger partial charge < -0.3 is 10.8 Å². The zero-order valence-electron chi connectivity index (χ0n) is 21.6. The molecule has 0 aliphatic rings. The second kappa shape index (κ2) is 13.1. The highest BCUT2D eigenvalue weighted by atomic mass is 16.4. The van der Waals surface area contributed by atoms with Crippen molar-refractivity contribution >= 4 is 23.6 Å². The van der Waals surface area contributed by atoms with Crippen molar-refractivity contribution in [2.45, 2.75) is 46.5 Å². The normalized spacial score (nSPS) is 10.8. The van der Waals surface area contributed by atoms with E-state index in [1.165, 1.54) is 22.4 Å². The minimum atomic E-state index is -1.00. The molecule has 0 bridgehead atoms. The first-order valence-electron chi connectivity index (χ1n) is 12.5. The van der Waals surface area contributed by atoms with Gasteiger partial charge in [0.05, 0.1) is 22.5 Å². The maximum Gasteiger partial charge on any atom is 0.335 e. The highest BCUT2D eigenvalue weighted by Gasteiger charge is 2.14. The van der Waals surface area contributed by atoms with Gasteiger partial charge in [0.1, 0.15) is 0 Å². The monoisotopic (exact) mass is 498 g/mol. The molecule has 4 rings (SSSR count). The number of aliphatic imine (C=N–C) groups is 1. The van der Waals surface area contributed by atoms with E-state index in [1.807, 2.05) is 49.4 Å². The van der Waals surface area contributed by atoms with Crippen molar-refractivity contribution in [3.8, 4) is 5.69 Å². The molecule has 0 aliphatic carbocycles. The number of aromatic nitrogens is 2. The summed E-state index contributed by atoms with van der Waals surface area (Å²) in [5.41, 5.74) is 11.6. The van der Waals surface area contributed by atoms with E-state index in [0.29, 0.717) is 17.7 Å². The van der Waals surface area contributed by atoms with Crippen LogP contribution in [0.15, 0.2) is 82.6 Å². The van der Waals surface area contributed by atoms with E-state index in [9.17, 15) is 9.59 Å². The topological polar surface area (TPSA) is 113 Å². The fourth-order valence-corrected chi connectivity index (χ4v) is 3.93. The summed E-state index contributed by atoms with van der Waals surface area (Å²) in [7, 11) is 0. The summed E-state index contributed by atoms with van der Waals surface area (Å²) in [4.78, 5) is 28.6. The molecule has 0 amide bonds. The number of aromatic carboxylic acids is 1. The molecule has 0 unspecified atom stereocenters. The molecule has 7 heteroatoms. The predicted molar refractivity (Wildman–Crippen MR) is 151 cm³/mol. The number of rotatable bonds is 8. The second-order valence-electron chi connectivity index (χ2n) is 8.54. The van der Waals surface area contributed by atoms with Gasteiger partial charge in [0.15, 0.2) is 0 Å². The van der Waals surface area contributed by atoms with Gasteiger partial charge in [-0.1, -0.05) is 63.6 Å². The quantitative estimate of drug-likeness (QED) is 0.205. The van der Waals surface area contributed by atoms with Gasteiger partial charge >= 0.3 is 5.97 Å². The molecule has 0 aliphatic heterocycles. The highest BCUT2D eigenvalue weighted by molar-refractivity contribution is 5.87. The number of nitrogen functional groups attached to an aromatic ring is 1. The number of nitrogens with two attached hydrogens (primary N) is 1. The number of nitrogens with zero attached hydrogens (tertiary/aromatic N) is 2. The Morgan fingerprint density at radius 2 is 1.57 bits per heavy atom. The number of carbonyl (C=O) groups is 1. The van der Waals surface area contributed by atoms with E-state index in [2.05, 4.69) is 30.0 Å². The SMILES string of the molecule is CCCc1[nH]n(-c2ccc(C(=O)O)cc2)c(=O)c1C=Nc1ccccc1CC.CCc1ccccc1N. The molecule has 1 aromatic heterocycles. The lowest BCUT2D eigenvalue weighted by molar-refractivity contribution is 0.0697. The van der Waals surface area contributed by atoms with Crippen molar-refractivity contribution in [1.82, 2.24) is 9.78 Å². The van der Waals surface area contributed by atoms with Gasteiger partial charge in [-0.05, 0) is 66.8 Å². The standard InChI is InChI=1S/C22H23N3O3.C8H11N/c1-3-7-20-18(14-23-19-9-6-5-8-15(19)4-2)21(26)25(24-20)17-12-10-16(11-13-17)22(27)28;1-2-7-5-3-4-6-8(7)9/h5-6,8-14,24H,3-4,7H2,1-2H3,(H,27,28);3-6H,2,9H2,1H3. The maximum absolute atomic E-state index is 13.0. The van der Waals surface area contributed by atoms with Crippen molar-refractivity contribution in [2.75, 3.05) is 5.73 Å². The Bertz CT molecular complexity index is 1420. The minimum Gasteiger partial charge on any atom is -0.478 e. The second-order valence-corrected chi connectivity index (χ2v) is 8.54. The predicted octanol–water partition coefficient (Wildman–Crippen LogP) is 5.96. The Morgan fingerprint density at radius 3 is 2.14 bits per heavy atom. The van der Waals surface area contributed by atoms with E-state index < -0.39 is 5.97 Å². The Hall–Kier alpha value is -4.39. The molecule has 7 nitrogen and oxygen atoms in total. The number of H-pyrrole nitrogens is 1. The number of hydrogen-bond acceptors (Lipinski definition) is 4. The van der Waals surface area contributed by atoms with Gasteiger partial charge in [-0.2, -0.15) is 0 Å². The molecule has 1 heterocycles. The van der Waals surface area contributed by atoms with Crippen LogP contribution in [0.3, 0.4) is 0 Å². The van der Waals surface area contributed by atoms with Crippen LogP contribution in [0.5, 0.6) is 0 Å². The van der Waals surface area contributed by atoms with Gasteiger partial charge in [0.25, 0.3) is 5.56 Å². The third-order valence-corrected chi connectivity index (χ3v) is 6.02. The summed E-state index contributed by atoms with van der Waals surface area (Å²) in [5, 5.41) is 12.2. The first-order chi connectivity index (χ1) is 17.9.